The van der Waals surface area contributed by atoms with Gasteiger partial charge in [0.15, 0.2) is 0 Å². The first-order valence-electron chi connectivity index (χ1n) is 5.61. The van der Waals surface area contributed by atoms with Gasteiger partial charge in [0, 0.05) is 21.2 Å². The molecule has 1 unspecified atom stereocenters. The zero-order valence-electron chi connectivity index (χ0n) is 10.4. The van der Waals surface area contributed by atoms with E-state index in [0.717, 1.165) is 16.9 Å². The normalized spacial score (nSPS) is 12.8. The molecule has 0 aliphatic rings. The molecule has 0 aliphatic heterocycles. The number of benzene rings is 1. The van der Waals surface area contributed by atoms with Crippen LogP contribution in [0.5, 0.6) is 0 Å². The van der Waals surface area contributed by atoms with Crippen molar-refractivity contribution in [3.05, 3.63) is 56.5 Å². The molecular weight excluding hydrogens is 271 g/mol. The maximum atomic E-state index is 10.5. The molecule has 18 heavy (non-hydrogen) atoms. The van der Waals surface area contributed by atoms with Crippen molar-refractivity contribution in [2.45, 2.75) is 26.9 Å². The minimum atomic E-state index is -0.799. The van der Waals surface area contributed by atoms with Crippen LogP contribution in [0.1, 0.15) is 34.3 Å². The van der Waals surface area contributed by atoms with Crippen LogP contribution in [0.25, 0.3) is 0 Å². The van der Waals surface area contributed by atoms with Gasteiger partial charge in [0.25, 0.3) is 0 Å². The van der Waals surface area contributed by atoms with Crippen LogP contribution >= 0.6 is 23.2 Å². The predicted molar refractivity (Wildman–Crippen MR) is 73.4 cm³/mol. The number of aliphatic hydroxyl groups excluding tert-OH is 1. The first kappa shape index (κ1) is 13.5. The standard InChI is InChI=1S/C14H14Cl2O2/c1-7-8(2)18-9(3)13(7)14(17)11-5-4-10(15)6-12(11)16/h4-6,14,17H,1-3H3. The fourth-order valence-electron chi connectivity index (χ4n) is 2.09. The third kappa shape index (κ3) is 2.28. The lowest BCUT2D eigenvalue weighted by atomic mass is 9.98. The van der Waals surface area contributed by atoms with Crippen molar-refractivity contribution < 1.29 is 9.52 Å². The molecular formula is C14H14Cl2O2. The van der Waals surface area contributed by atoms with Crippen LogP contribution in [-0.4, -0.2) is 5.11 Å². The highest BCUT2D eigenvalue weighted by Gasteiger charge is 2.22. The van der Waals surface area contributed by atoms with Gasteiger partial charge in [-0.3, -0.25) is 0 Å². The molecule has 0 radical (unpaired) electrons. The fraction of sp³-hybridized carbons (Fsp3) is 0.286. The summed E-state index contributed by atoms with van der Waals surface area (Å²) >= 11 is 12.0. The van der Waals surface area contributed by atoms with Gasteiger partial charge in [0.1, 0.15) is 17.6 Å². The van der Waals surface area contributed by atoms with Gasteiger partial charge in [-0.2, -0.15) is 0 Å². The summed E-state index contributed by atoms with van der Waals surface area (Å²) in [4.78, 5) is 0. The van der Waals surface area contributed by atoms with E-state index < -0.39 is 6.10 Å². The van der Waals surface area contributed by atoms with Crippen LogP contribution in [0.2, 0.25) is 10.0 Å². The minimum Gasteiger partial charge on any atom is -0.466 e. The molecule has 1 aromatic carbocycles. The summed E-state index contributed by atoms with van der Waals surface area (Å²) in [6.45, 7) is 5.64. The Hall–Kier alpha value is -0.960. The quantitative estimate of drug-likeness (QED) is 0.875. The maximum Gasteiger partial charge on any atom is 0.109 e. The number of aliphatic hydroxyl groups is 1. The summed E-state index contributed by atoms with van der Waals surface area (Å²) in [6.07, 6.45) is -0.799. The molecule has 0 saturated heterocycles. The first-order chi connectivity index (χ1) is 8.41. The Morgan fingerprint density at radius 3 is 2.28 bits per heavy atom. The van der Waals surface area contributed by atoms with Crippen molar-refractivity contribution in [3.63, 3.8) is 0 Å². The van der Waals surface area contributed by atoms with Crippen LogP contribution in [0.4, 0.5) is 0 Å². The Morgan fingerprint density at radius 2 is 1.78 bits per heavy atom. The second kappa shape index (κ2) is 4.96. The summed E-state index contributed by atoms with van der Waals surface area (Å²) in [5.41, 5.74) is 2.36. The predicted octanol–water partition coefficient (Wildman–Crippen LogP) is 4.59. The molecule has 2 aromatic rings. The highest BCUT2D eigenvalue weighted by Crippen LogP contribution is 2.35. The Balaban J connectivity index is 2.51. The molecule has 4 heteroatoms. The van der Waals surface area contributed by atoms with Crippen molar-refractivity contribution in [2.24, 2.45) is 0 Å². The van der Waals surface area contributed by atoms with Gasteiger partial charge in [0.2, 0.25) is 0 Å². The zero-order valence-corrected chi connectivity index (χ0v) is 11.9. The third-order valence-electron chi connectivity index (χ3n) is 3.15. The lowest BCUT2D eigenvalue weighted by Crippen LogP contribution is -2.02. The van der Waals surface area contributed by atoms with Gasteiger partial charge in [-0.05, 0) is 38.5 Å². The Morgan fingerprint density at radius 1 is 1.11 bits per heavy atom. The number of furan rings is 1. The molecule has 0 spiro atoms. The summed E-state index contributed by atoms with van der Waals surface area (Å²) in [7, 11) is 0. The summed E-state index contributed by atoms with van der Waals surface area (Å²) in [5.74, 6) is 1.52. The third-order valence-corrected chi connectivity index (χ3v) is 3.71. The number of aryl methyl sites for hydroxylation is 2. The molecule has 0 fully saturated rings. The number of halogens is 2. The van der Waals surface area contributed by atoms with E-state index >= 15 is 0 Å². The van der Waals surface area contributed by atoms with Crippen molar-refractivity contribution in [3.8, 4) is 0 Å². The molecule has 1 aromatic heterocycles. The smallest absolute Gasteiger partial charge is 0.109 e. The maximum absolute atomic E-state index is 10.5. The summed E-state index contributed by atoms with van der Waals surface area (Å²) < 4.78 is 5.52. The van der Waals surface area contributed by atoms with E-state index in [1.807, 2.05) is 20.8 Å². The van der Waals surface area contributed by atoms with Gasteiger partial charge in [0.05, 0.1) is 0 Å². The molecule has 0 saturated carbocycles. The van der Waals surface area contributed by atoms with E-state index in [9.17, 15) is 5.11 Å². The van der Waals surface area contributed by atoms with E-state index in [4.69, 9.17) is 27.6 Å². The van der Waals surface area contributed by atoms with Gasteiger partial charge in [-0.1, -0.05) is 29.3 Å². The Labute approximate surface area is 116 Å². The van der Waals surface area contributed by atoms with Crippen molar-refractivity contribution >= 4 is 23.2 Å². The van der Waals surface area contributed by atoms with Gasteiger partial charge < -0.3 is 9.52 Å². The van der Waals surface area contributed by atoms with Crippen LogP contribution in [0.3, 0.4) is 0 Å². The molecule has 1 N–H and O–H groups in total. The molecule has 1 atom stereocenters. The first-order valence-corrected chi connectivity index (χ1v) is 6.37. The SMILES string of the molecule is Cc1oc(C)c(C(O)c2ccc(Cl)cc2Cl)c1C. The monoisotopic (exact) mass is 284 g/mol. The van der Waals surface area contributed by atoms with E-state index in [1.54, 1.807) is 18.2 Å². The lowest BCUT2D eigenvalue weighted by Gasteiger charge is -2.13. The Kier molecular flexibility index (Phi) is 3.71. The fourth-order valence-corrected chi connectivity index (χ4v) is 2.60. The number of hydrogen-bond donors (Lipinski definition) is 1. The van der Waals surface area contributed by atoms with E-state index in [0.29, 0.717) is 21.4 Å². The summed E-state index contributed by atoms with van der Waals surface area (Å²) in [6, 6.07) is 5.07. The topological polar surface area (TPSA) is 33.4 Å². The summed E-state index contributed by atoms with van der Waals surface area (Å²) in [5, 5.41) is 11.5. The molecule has 0 amide bonds. The highest BCUT2D eigenvalue weighted by atomic mass is 35.5. The van der Waals surface area contributed by atoms with Crippen LogP contribution in [-0.2, 0) is 0 Å². The van der Waals surface area contributed by atoms with Gasteiger partial charge in [-0.25, -0.2) is 0 Å². The van der Waals surface area contributed by atoms with Crippen LogP contribution < -0.4 is 0 Å². The van der Waals surface area contributed by atoms with Gasteiger partial charge in [-0.15, -0.1) is 0 Å². The van der Waals surface area contributed by atoms with Crippen LogP contribution in [0, 0.1) is 20.8 Å². The van der Waals surface area contributed by atoms with E-state index in [-0.39, 0.29) is 0 Å². The molecule has 2 nitrogen and oxygen atoms in total. The molecule has 2 rings (SSSR count). The molecule has 1 heterocycles. The average molecular weight is 285 g/mol. The Bertz CT molecular complexity index is 588. The average Bonchev–Trinajstić information content (AvgIpc) is 2.52. The second-order valence-electron chi connectivity index (χ2n) is 4.32. The molecule has 0 bridgehead atoms. The number of rotatable bonds is 2. The number of hydrogen-bond acceptors (Lipinski definition) is 2. The lowest BCUT2D eigenvalue weighted by molar-refractivity contribution is 0.217. The zero-order chi connectivity index (χ0) is 13.4. The van der Waals surface area contributed by atoms with E-state index in [1.165, 1.54) is 0 Å². The molecule has 0 aliphatic carbocycles. The second-order valence-corrected chi connectivity index (χ2v) is 5.17. The van der Waals surface area contributed by atoms with Crippen molar-refractivity contribution in [1.29, 1.82) is 0 Å². The highest BCUT2D eigenvalue weighted by molar-refractivity contribution is 6.35. The largest absolute Gasteiger partial charge is 0.466 e. The van der Waals surface area contributed by atoms with Crippen molar-refractivity contribution in [2.75, 3.05) is 0 Å². The van der Waals surface area contributed by atoms with Gasteiger partial charge >= 0.3 is 0 Å². The molecule has 96 valence electrons. The van der Waals surface area contributed by atoms with Crippen LogP contribution in [0.15, 0.2) is 22.6 Å². The minimum absolute atomic E-state index is 0.452. The van der Waals surface area contributed by atoms with Crippen molar-refractivity contribution in [1.82, 2.24) is 0 Å². The van der Waals surface area contributed by atoms with E-state index in [2.05, 4.69) is 0 Å².